The summed E-state index contributed by atoms with van der Waals surface area (Å²) in [6.45, 7) is 13.6. The summed E-state index contributed by atoms with van der Waals surface area (Å²) in [7, 11) is 0. The van der Waals surface area contributed by atoms with E-state index in [1.807, 2.05) is 30.4 Å². The summed E-state index contributed by atoms with van der Waals surface area (Å²) in [5, 5.41) is 7.31. The molecule has 0 saturated carbocycles. The van der Waals surface area contributed by atoms with Gasteiger partial charge in [0.15, 0.2) is 0 Å². The molecule has 0 radical (unpaired) electrons. The van der Waals surface area contributed by atoms with Crippen molar-refractivity contribution in [1.29, 1.82) is 0 Å². The maximum atomic E-state index is 12.5. The van der Waals surface area contributed by atoms with Crippen LogP contribution >= 0.6 is 0 Å². The molecule has 1 N–H and O–H groups in total. The molecule has 2 saturated heterocycles. The number of hydrogen-bond acceptors (Lipinski definition) is 5. The summed E-state index contributed by atoms with van der Waals surface area (Å²) in [6.07, 6.45) is 3.50. The molecule has 2 aliphatic heterocycles. The molecule has 8 nitrogen and oxygen atoms in total. The van der Waals surface area contributed by atoms with Crippen LogP contribution in [0.1, 0.15) is 46.4 Å². The molecule has 0 atom stereocenters. The van der Waals surface area contributed by atoms with Crippen LogP contribution in [0, 0.1) is 0 Å². The minimum absolute atomic E-state index is 0.0126. The number of urea groups is 1. The van der Waals surface area contributed by atoms with Gasteiger partial charge in [-0.3, -0.25) is 4.90 Å². The molecule has 0 aliphatic carbocycles. The lowest BCUT2D eigenvalue weighted by Gasteiger charge is -2.47. The molecular weight excluding hydrogens is 332 g/mol. The van der Waals surface area contributed by atoms with E-state index in [1.165, 1.54) is 0 Å². The van der Waals surface area contributed by atoms with Crippen LogP contribution < -0.4 is 5.32 Å². The molecule has 1 spiro atoms. The summed E-state index contributed by atoms with van der Waals surface area (Å²) in [5.41, 5.74) is -0.427. The normalized spacial score (nSPS) is 21.2. The standard InChI is InChI=1S/C18H32N6O2/c1-5-24-15(19-14-20-24)12-22-8-6-18(7-9-22)13-23(10-11-26-18)16(25)21-17(2,3)4/h14H,5-13H2,1-4H3,(H,21,25). The number of nitrogens with one attached hydrogen (secondary N) is 1. The van der Waals surface area contributed by atoms with Crippen molar-refractivity contribution in [2.45, 2.75) is 64.8 Å². The first kappa shape index (κ1) is 19.1. The molecule has 1 aromatic heterocycles. The fourth-order valence-corrected chi connectivity index (χ4v) is 3.71. The van der Waals surface area contributed by atoms with Crippen molar-refractivity contribution in [3.63, 3.8) is 0 Å². The number of morpholine rings is 1. The molecule has 8 heteroatoms. The summed E-state index contributed by atoms with van der Waals surface area (Å²) < 4.78 is 8.11. The Bertz CT molecular complexity index is 615. The van der Waals surface area contributed by atoms with Crippen molar-refractivity contribution >= 4 is 6.03 Å². The van der Waals surface area contributed by atoms with Gasteiger partial charge in [-0.1, -0.05) is 0 Å². The van der Waals surface area contributed by atoms with Gasteiger partial charge in [0.25, 0.3) is 0 Å². The lowest BCUT2D eigenvalue weighted by Crippen LogP contribution is -2.60. The maximum Gasteiger partial charge on any atom is 0.317 e. The summed E-state index contributed by atoms with van der Waals surface area (Å²) in [5.74, 6) is 1.01. The molecular formula is C18H32N6O2. The van der Waals surface area contributed by atoms with E-state index < -0.39 is 0 Å². The largest absolute Gasteiger partial charge is 0.371 e. The van der Waals surface area contributed by atoms with Gasteiger partial charge in [0.1, 0.15) is 12.2 Å². The Morgan fingerprint density at radius 2 is 2.04 bits per heavy atom. The van der Waals surface area contributed by atoms with Gasteiger partial charge in [0, 0.05) is 31.7 Å². The van der Waals surface area contributed by atoms with Crippen LogP contribution in [0.4, 0.5) is 4.79 Å². The third kappa shape index (κ3) is 4.54. The van der Waals surface area contributed by atoms with Gasteiger partial charge < -0.3 is 15.0 Å². The van der Waals surface area contributed by atoms with Crippen LogP contribution in [-0.4, -0.2) is 74.5 Å². The van der Waals surface area contributed by atoms with Crippen LogP contribution in [-0.2, 0) is 17.8 Å². The zero-order valence-corrected chi connectivity index (χ0v) is 16.5. The second kappa shape index (κ2) is 7.52. The van der Waals surface area contributed by atoms with E-state index in [0.29, 0.717) is 19.7 Å². The van der Waals surface area contributed by atoms with Gasteiger partial charge in [-0.25, -0.2) is 14.5 Å². The van der Waals surface area contributed by atoms with Crippen LogP contribution in [0.2, 0.25) is 0 Å². The lowest BCUT2D eigenvalue weighted by molar-refractivity contribution is -0.127. The highest BCUT2D eigenvalue weighted by Crippen LogP contribution is 2.30. The van der Waals surface area contributed by atoms with E-state index in [9.17, 15) is 4.79 Å². The van der Waals surface area contributed by atoms with Gasteiger partial charge in [-0.15, -0.1) is 0 Å². The number of nitrogens with zero attached hydrogens (tertiary/aromatic N) is 5. The SMILES string of the molecule is CCn1ncnc1CN1CCC2(CC1)CN(C(=O)NC(C)(C)C)CCO2. The summed E-state index contributed by atoms with van der Waals surface area (Å²) >= 11 is 0. The second-order valence-corrected chi connectivity index (χ2v) is 8.40. The predicted molar refractivity (Wildman–Crippen MR) is 98.7 cm³/mol. The zero-order chi connectivity index (χ0) is 18.8. The lowest BCUT2D eigenvalue weighted by atomic mass is 9.89. The van der Waals surface area contributed by atoms with Gasteiger partial charge in [0.2, 0.25) is 0 Å². The van der Waals surface area contributed by atoms with Crippen LogP contribution in [0.5, 0.6) is 0 Å². The molecule has 0 unspecified atom stereocenters. The molecule has 2 aliphatic rings. The first-order valence-electron chi connectivity index (χ1n) is 9.60. The molecule has 0 aromatic carbocycles. The number of rotatable bonds is 3. The van der Waals surface area contributed by atoms with Crippen LogP contribution in [0.25, 0.3) is 0 Å². The number of ether oxygens (including phenoxy) is 1. The molecule has 2 fully saturated rings. The van der Waals surface area contributed by atoms with E-state index in [4.69, 9.17) is 4.74 Å². The Kier molecular flexibility index (Phi) is 5.53. The van der Waals surface area contributed by atoms with Crippen molar-refractivity contribution in [3.8, 4) is 0 Å². The quantitative estimate of drug-likeness (QED) is 0.879. The highest BCUT2D eigenvalue weighted by atomic mass is 16.5. The van der Waals surface area contributed by atoms with Crippen LogP contribution in [0.3, 0.4) is 0 Å². The number of piperidine rings is 1. The van der Waals surface area contributed by atoms with Gasteiger partial charge >= 0.3 is 6.03 Å². The smallest absolute Gasteiger partial charge is 0.317 e. The molecule has 1 aromatic rings. The minimum Gasteiger partial charge on any atom is -0.371 e. The van der Waals surface area contributed by atoms with Crippen molar-refractivity contribution < 1.29 is 9.53 Å². The van der Waals surface area contributed by atoms with E-state index in [-0.39, 0.29) is 17.2 Å². The fourth-order valence-electron chi connectivity index (χ4n) is 3.71. The van der Waals surface area contributed by atoms with E-state index in [1.54, 1.807) is 6.33 Å². The van der Waals surface area contributed by atoms with E-state index >= 15 is 0 Å². The molecule has 2 amide bonds. The topological polar surface area (TPSA) is 75.5 Å². The monoisotopic (exact) mass is 364 g/mol. The number of likely N-dealkylation sites (tertiary alicyclic amines) is 1. The summed E-state index contributed by atoms with van der Waals surface area (Å²) in [6, 6.07) is 0.0126. The summed E-state index contributed by atoms with van der Waals surface area (Å²) in [4.78, 5) is 21.2. The highest BCUT2D eigenvalue weighted by molar-refractivity contribution is 5.75. The molecule has 26 heavy (non-hydrogen) atoms. The minimum atomic E-state index is -0.221. The molecule has 3 heterocycles. The third-order valence-electron chi connectivity index (χ3n) is 5.15. The molecule has 146 valence electrons. The predicted octanol–water partition coefficient (Wildman–Crippen LogP) is 1.47. The number of aryl methyl sites for hydroxylation is 1. The molecule has 0 bridgehead atoms. The average molecular weight is 364 g/mol. The Balaban J connectivity index is 1.55. The van der Waals surface area contributed by atoms with E-state index in [0.717, 1.165) is 44.8 Å². The first-order valence-corrected chi connectivity index (χ1v) is 9.60. The first-order chi connectivity index (χ1) is 12.3. The van der Waals surface area contributed by atoms with Gasteiger partial charge in [0.05, 0.1) is 25.3 Å². The Morgan fingerprint density at radius 3 is 2.69 bits per heavy atom. The number of carbonyl (C=O) groups excluding carboxylic acids is 1. The van der Waals surface area contributed by atoms with Crippen molar-refractivity contribution in [1.82, 2.24) is 29.9 Å². The second-order valence-electron chi connectivity index (χ2n) is 8.40. The number of aromatic nitrogens is 3. The van der Waals surface area contributed by atoms with Gasteiger partial charge in [-0.05, 0) is 40.5 Å². The maximum absolute atomic E-state index is 12.5. The van der Waals surface area contributed by atoms with E-state index in [2.05, 4.69) is 27.2 Å². The number of hydrogen-bond donors (Lipinski definition) is 1. The Hall–Kier alpha value is -1.67. The van der Waals surface area contributed by atoms with Crippen LogP contribution in [0.15, 0.2) is 6.33 Å². The average Bonchev–Trinajstić information content (AvgIpc) is 3.03. The zero-order valence-electron chi connectivity index (χ0n) is 16.5. The number of carbonyl (C=O) groups is 1. The number of amides is 2. The Morgan fingerprint density at radius 1 is 1.31 bits per heavy atom. The Labute approximate surface area is 155 Å². The third-order valence-corrected chi connectivity index (χ3v) is 5.15. The van der Waals surface area contributed by atoms with Crippen molar-refractivity contribution in [3.05, 3.63) is 12.2 Å². The van der Waals surface area contributed by atoms with Crippen molar-refractivity contribution in [2.75, 3.05) is 32.8 Å². The molecule has 3 rings (SSSR count). The van der Waals surface area contributed by atoms with Gasteiger partial charge in [-0.2, -0.15) is 5.10 Å². The fraction of sp³-hybridized carbons (Fsp3) is 0.833. The van der Waals surface area contributed by atoms with Crippen molar-refractivity contribution in [2.24, 2.45) is 0 Å². The highest BCUT2D eigenvalue weighted by Gasteiger charge is 2.41.